The maximum absolute atomic E-state index is 13.6. The fraction of sp³-hybridized carbons (Fsp3) is 0.440. The van der Waals surface area contributed by atoms with Gasteiger partial charge >= 0.3 is 0 Å². The van der Waals surface area contributed by atoms with Crippen molar-refractivity contribution in [3.63, 3.8) is 0 Å². The number of ether oxygens (including phenoxy) is 1. The Morgan fingerprint density at radius 2 is 2.15 bits per heavy atom. The molecular formula is C25H28ClN3O4. The smallest absolute Gasteiger partial charge is 0.296 e. The third-order valence-corrected chi connectivity index (χ3v) is 6.94. The average Bonchev–Trinajstić information content (AvgIpc) is 3.57. The summed E-state index contributed by atoms with van der Waals surface area (Å²) in [6.45, 7) is 3.04. The highest BCUT2D eigenvalue weighted by Crippen LogP contribution is 2.41. The molecule has 2 aliphatic rings. The maximum Gasteiger partial charge on any atom is 0.296 e. The summed E-state index contributed by atoms with van der Waals surface area (Å²) in [5.41, 5.74) is 2.56. The molecule has 8 heteroatoms. The standard InChI is InChI=1S/C25H28ClN3O4/c1-14-13-29(20(11-21(14)30)16-6-7-16)24(31)17-9-19-23(22(10-17)32-2)33-25(28-19)27-12-15-4-3-5-18(26)8-15/h3-5,8-10,14,16,20-21,30H,6-7,11-13H2,1-2H3,(H,27,28). The summed E-state index contributed by atoms with van der Waals surface area (Å²) in [5.74, 6) is 0.939. The third kappa shape index (κ3) is 4.52. The zero-order valence-corrected chi connectivity index (χ0v) is 19.5. The first-order chi connectivity index (χ1) is 15.9. The van der Waals surface area contributed by atoms with E-state index in [-0.39, 0.29) is 24.0 Å². The highest BCUT2D eigenvalue weighted by molar-refractivity contribution is 6.30. The van der Waals surface area contributed by atoms with Gasteiger partial charge in [-0.1, -0.05) is 30.7 Å². The number of methoxy groups -OCH3 is 1. The molecule has 0 spiro atoms. The number of hydrogen-bond donors (Lipinski definition) is 2. The summed E-state index contributed by atoms with van der Waals surface area (Å²) in [7, 11) is 1.55. The fourth-order valence-corrected chi connectivity index (χ4v) is 4.89. The molecule has 3 atom stereocenters. The zero-order chi connectivity index (χ0) is 23.1. The molecule has 2 fully saturated rings. The lowest BCUT2D eigenvalue weighted by atomic mass is 9.88. The molecule has 1 aliphatic heterocycles. The van der Waals surface area contributed by atoms with Crippen LogP contribution in [0.25, 0.3) is 11.1 Å². The number of anilines is 1. The van der Waals surface area contributed by atoms with Crippen molar-refractivity contribution in [2.24, 2.45) is 11.8 Å². The van der Waals surface area contributed by atoms with Crippen LogP contribution >= 0.6 is 11.6 Å². The molecule has 1 aromatic heterocycles. The number of amides is 1. The first-order valence-corrected chi connectivity index (χ1v) is 11.8. The van der Waals surface area contributed by atoms with Crippen LogP contribution in [-0.4, -0.2) is 46.7 Å². The average molecular weight is 470 g/mol. The number of aliphatic hydroxyl groups is 1. The maximum atomic E-state index is 13.6. The molecule has 2 heterocycles. The van der Waals surface area contributed by atoms with Crippen LogP contribution < -0.4 is 10.1 Å². The summed E-state index contributed by atoms with van der Waals surface area (Å²) < 4.78 is 11.4. The van der Waals surface area contributed by atoms with E-state index in [0.717, 1.165) is 18.4 Å². The molecular weight excluding hydrogens is 442 g/mol. The number of piperidine rings is 1. The predicted octanol–water partition coefficient (Wildman–Crippen LogP) is 4.72. The van der Waals surface area contributed by atoms with Gasteiger partial charge in [0, 0.05) is 29.7 Å². The lowest BCUT2D eigenvalue weighted by molar-refractivity contribution is -0.00162. The van der Waals surface area contributed by atoms with Gasteiger partial charge in [-0.3, -0.25) is 4.79 Å². The Hall–Kier alpha value is -2.77. The van der Waals surface area contributed by atoms with E-state index < -0.39 is 0 Å². The Labute approximate surface area is 197 Å². The van der Waals surface area contributed by atoms with Gasteiger partial charge in [0.1, 0.15) is 5.52 Å². The lowest BCUT2D eigenvalue weighted by Crippen LogP contribution is -2.52. The number of fused-ring (bicyclic) bond motifs is 1. The first-order valence-electron chi connectivity index (χ1n) is 11.4. The summed E-state index contributed by atoms with van der Waals surface area (Å²) >= 11 is 6.06. The van der Waals surface area contributed by atoms with Crippen LogP contribution in [0.3, 0.4) is 0 Å². The Kier molecular flexibility index (Phi) is 5.93. The van der Waals surface area contributed by atoms with Crippen LogP contribution in [0.5, 0.6) is 5.75 Å². The van der Waals surface area contributed by atoms with E-state index in [1.165, 1.54) is 0 Å². The molecule has 2 aromatic carbocycles. The molecule has 7 nitrogen and oxygen atoms in total. The van der Waals surface area contributed by atoms with Gasteiger partial charge in [-0.05, 0) is 60.9 Å². The van der Waals surface area contributed by atoms with E-state index in [4.69, 9.17) is 20.8 Å². The van der Waals surface area contributed by atoms with E-state index in [9.17, 15) is 9.90 Å². The lowest BCUT2D eigenvalue weighted by Gasteiger charge is -2.41. The number of oxazole rings is 1. The van der Waals surface area contributed by atoms with Crippen LogP contribution in [0.4, 0.5) is 6.01 Å². The number of aromatic nitrogens is 1. The molecule has 174 valence electrons. The normalized spacial score (nSPS) is 23.0. The number of nitrogens with zero attached hydrogens (tertiary/aromatic N) is 2. The molecule has 1 saturated heterocycles. The van der Waals surface area contributed by atoms with Crippen LogP contribution in [0.2, 0.25) is 5.02 Å². The second-order valence-electron chi connectivity index (χ2n) is 9.17. The van der Waals surface area contributed by atoms with E-state index in [2.05, 4.69) is 10.3 Å². The predicted molar refractivity (Wildman–Crippen MR) is 127 cm³/mol. The number of halogens is 1. The molecule has 2 N–H and O–H groups in total. The molecule has 1 saturated carbocycles. The number of carbonyl (C=O) groups is 1. The van der Waals surface area contributed by atoms with Crippen LogP contribution in [-0.2, 0) is 6.54 Å². The molecule has 0 radical (unpaired) electrons. The molecule has 1 amide bonds. The van der Waals surface area contributed by atoms with Gasteiger partial charge in [-0.2, -0.15) is 4.98 Å². The summed E-state index contributed by atoms with van der Waals surface area (Å²) in [5, 5.41) is 14.2. The number of nitrogens with one attached hydrogen (secondary N) is 1. The van der Waals surface area contributed by atoms with Gasteiger partial charge in [0.25, 0.3) is 11.9 Å². The van der Waals surface area contributed by atoms with Gasteiger partial charge in [0.2, 0.25) is 0 Å². The van der Waals surface area contributed by atoms with Crippen molar-refractivity contribution in [2.45, 2.75) is 44.9 Å². The number of benzene rings is 2. The van der Waals surface area contributed by atoms with E-state index >= 15 is 0 Å². The van der Waals surface area contributed by atoms with Crippen LogP contribution in [0.15, 0.2) is 40.8 Å². The monoisotopic (exact) mass is 469 g/mol. The molecule has 33 heavy (non-hydrogen) atoms. The van der Waals surface area contributed by atoms with Crippen molar-refractivity contribution < 1.29 is 19.1 Å². The molecule has 5 rings (SSSR count). The quantitative estimate of drug-likeness (QED) is 0.543. The van der Waals surface area contributed by atoms with E-state index in [1.807, 2.05) is 36.1 Å². The zero-order valence-electron chi connectivity index (χ0n) is 18.8. The largest absolute Gasteiger partial charge is 0.493 e. The minimum Gasteiger partial charge on any atom is -0.493 e. The minimum atomic E-state index is -0.361. The van der Waals surface area contributed by atoms with Gasteiger partial charge in [0.05, 0.1) is 13.2 Å². The Balaban J connectivity index is 1.41. The van der Waals surface area contributed by atoms with Crippen molar-refractivity contribution >= 4 is 34.6 Å². The van der Waals surface area contributed by atoms with Crippen molar-refractivity contribution in [3.8, 4) is 5.75 Å². The van der Waals surface area contributed by atoms with E-state index in [1.54, 1.807) is 19.2 Å². The molecule has 0 bridgehead atoms. The minimum absolute atomic E-state index is 0.0453. The second-order valence-corrected chi connectivity index (χ2v) is 9.61. The number of hydrogen-bond acceptors (Lipinski definition) is 6. The van der Waals surface area contributed by atoms with Crippen molar-refractivity contribution in [1.82, 2.24) is 9.88 Å². The Morgan fingerprint density at radius 1 is 1.33 bits per heavy atom. The fourth-order valence-electron chi connectivity index (χ4n) is 4.68. The molecule has 3 aromatic rings. The van der Waals surface area contributed by atoms with Gasteiger partial charge < -0.3 is 24.5 Å². The van der Waals surface area contributed by atoms with Gasteiger partial charge in [-0.15, -0.1) is 0 Å². The van der Waals surface area contributed by atoms with Crippen molar-refractivity contribution in [1.29, 1.82) is 0 Å². The first kappa shape index (κ1) is 22.0. The topological polar surface area (TPSA) is 87.8 Å². The summed E-state index contributed by atoms with van der Waals surface area (Å²) in [6, 6.07) is 11.5. The van der Waals surface area contributed by atoms with Gasteiger partial charge in [0.15, 0.2) is 11.3 Å². The summed E-state index contributed by atoms with van der Waals surface area (Å²) in [6.07, 6.45) is 2.50. The number of carbonyl (C=O) groups excluding carboxylic acids is 1. The van der Waals surface area contributed by atoms with E-state index in [0.29, 0.717) is 58.9 Å². The number of aliphatic hydroxyl groups excluding tert-OH is 1. The molecule has 1 aliphatic carbocycles. The Bertz CT molecular complexity index is 1180. The third-order valence-electron chi connectivity index (χ3n) is 6.71. The van der Waals surface area contributed by atoms with Crippen molar-refractivity contribution in [2.75, 3.05) is 19.0 Å². The Morgan fingerprint density at radius 3 is 2.88 bits per heavy atom. The van der Waals surface area contributed by atoms with Crippen LogP contribution in [0.1, 0.15) is 42.1 Å². The van der Waals surface area contributed by atoms with Crippen molar-refractivity contribution in [3.05, 3.63) is 52.5 Å². The highest BCUT2D eigenvalue weighted by Gasteiger charge is 2.43. The van der Waals surface area contributed by atoms with Gasteiger partial charge in [-0.25, -0.2) is 0 Å². The van der Waals surface area contributed by atoms with Crippen LogP contribution in [0, 0.1) is 11.8 Å². The SMILES string of the molecule is COc1cc(C(=O)N2CC(C)C(O)CC2C2CC2)cc2nc(NCc3cccc(Cl)c3)oc12. The number of rotatable bonds is 6. The summed E-state index contributed by atoms with van der Waals surface area (Å²) in [4.78, 5) is 20.0. The molecule has 3 unspecified atom stereocenters. The second kappa shape index (κ2) is 8.88. The highest BCUT2D eigenvalue weighted by atomic mass is 35.5. The number of likely N-dealkylation sites (tertiary alicyclic amines) is 1.